The highest BCUT2D eigenvalue weighted by atomic mass is 19.4. The second-order valence-corrected chi connectivity index (χ2v) is 11.3. The molecular formula is C36H14F9N5. The first-order chi connectivity index (χ1) is 23.6. The second kappa shape index (κ2) is 10.8. The molecule has 246 valence electrons. The largest absolute Gasteiger partial charge is 0.418 e. The van der Waals surface area contributed by atoms with E-state index >= 15 is 0 Å². The van der Waals surface area contributed by atoms with Crippen molar-refractivity contribution in [3.05, 3.63) is 118 Å². The molecule has 0 radical (unpaired) electrons. The van der Waals surface area contributed by atoms with E-state index < -0.39 is 40.9 Å². The molecule has 0 atom stereocenters. The summed E-state index contributed by atoms with van der Waals surface area (Å²) in [5.41, 5.74) is -7.54. The van der Waals surface area contributed by atoms with E-state index in [0.29, 0.717) is 21.0 Å². The molecule has 5 aromatic carbocycles. The fourth-order valence-electron chi connectivity index (χ4n) is 6.49. The van der Waals surface area contributed by atoms with Gasteiger partial charge in [-0.05, 0) is 48.5 Å². The molecule has 0 spiro atoms. The zero-order valence-corrected chi connectivity index (χ0v) is 24.7. The number of aromatic nitrogens is 2. The Balaban J connectivity index is 1.71. The van der Waals surface area contributed by atoms with Crippen molar-refractivity contribution >= 4 is 43.6 Å². The third kappa shape index (κ3) is 4.78. The minimum atomic E-state index is -5.65. The lowest BCUT2D eigenvalue weighted by Gasteiger charge is -2.23. The van der Waals surface area contributed by atoms with Gasteiger partial charge in [0.1, 0.15) is 12.1 Å². The van der Waals surface area contributed by atoms with Crippen LogP contribution in [0.15, 0.2) is 84.9 Å². The summed E-state index contributed by atoms with van der Waals surface area (Å²) in [5.74, 6) is 0. The van der Waals surface area contributed by atoms with Gasteiger partial charge in [0.15, 0.2) is 0 Å². The quantitative estimate of drug-likeness (QED) is 0.170. The predicted octanol–water partition coefficient (Wildman–Crippen LogP) is 10.6. The van der Waals surface area contributed by atoms with Crippen LogP contribution < -0.4 is 0 Å². The predicted molar refractivity (Wildman–Crippen MR) is 164 cm³/mol. The molecule has 0 N–H and O–H groups in total. The van der Waals surface area contributed by atoms with Crippen molar-refractivity contribution in [3.63, 3.8) is 0 Å². The number of nitrogens with zero attached hydrogens (tertiary/aromatic N) is 5. The topological polar surface area (TPSA) is 81.2 Å². The van der Waals surface area contributed by atoms with Gasteiger partial charge in [-0.15, -0.1) is 0 Å². The monoisotopic (exact) mass is 687 g/mol. The summed E-state index contributed by atoms with van der Waals surface area (Å²) in [6.07, 6.45) is -16.8. The Labute approximate surface area is 274 Å². The van der Waals surface area contributed by atoms with Crippen molar-refractivity contribution in [1.29, 1.82) is 15.8 Å². The van der Waals surface area contributed by atoms with Crippen molar-refractivity contribution in [2.75, 3.05) is 0 Å². The minimum absolute atomic E-state index is 0.0329. The van der Waals surface area contributed by atoms with Crippen LogP contribution >= 0.6 is 0 Å². The number of fused-ring (bicyclic) bond motifs is 6. The van der Waals surface area contributed by atoms with Crippen LogP contribution in [0.2, 0.25) is 0 Å². The van der Waals surface area contributed by atoms with Crippen molar-refractivity contribution in [3.8, 4) is 29.6 Å². The smallest absolute Gasteiger partial charge is 0.308 e. The van der Waals surface area contributed by atoms with Gasteiger partial charge in [-0.3, -0.25) is 0 Å². The number of para-hydroxylation sites is 2. The van der Waals surface area contributed by atoms with E-state index in [1.54, 1.807) is 28.8 Å². The van der Waals surface area contributed by atoms with Gasteiger partial charge < -0.3 is 9.13 Å². The molecule has 0 fully saturated rings. The Hall–Kier alpha value is -6.46. The van der Waals surface area contributed by atoms with Crippen molar-refractivity contribution in [1.82, 2.24) is 9.13 Å². The first-order valence-corrected chi connectivity index (χ1v) is 14.3. The van der Waals surface area contributed by atoms with Gasteiger partial charge in [0.25, 0.3) is 0 Å². The molecule has 0 aliphatic rings. The van der Waals surface area contributed by atoms with Gasteiger partial charge in [-0.2, -0.15) is 55.3 Å². The summed E-state index contributed by atoms with van der Waals surface area (Å²) in [5, 5.41) is 30.6. The number of hydrogen-bond acceptors (Lipinski definition) is 3. The van der Waals surface area contributed by atoms with Crippen LogP contribution in [-0.4, -0.2) is 9.13 Å². The van der Waals surface area contributed by atoms with Crippen LogP contribution in [0.1, 0.15) is 33.4 Å². The molecule has 0 aliphatic heterocycles. The maximum absolute atomic E-state index is 14.6. The average molecular weight is 688 g/mol. The van der Waals surface area contributed by atoms with Gasteiger partial charge in [-0.25, -0.2) is 0 Å². The number of rotatable bonds is 2. The number of halogens is 9. The van der Waals surface area contributed by atoms with Crippen LogP contribution in [0.4, 0.5) is 39.5 Å². The lowest BCUT2D eigenvalue weighted by Crippen LogP contribution is -2.20. The fraction of sp³-hybridized carbons (Fsp3) is 0.0833. The normalized spacial score (nSPS) is 12.4. The Morgan fingerprint density at radius 3 is 1.24 bits per heavy atom. The van der Waals surface area contributed by atoms with Crippen molar-refractivity contribution < 1.29 is 39.5 Å². The molecule has 50 heavy (non-hydrogen) atoms. The summed E-state index contributed by atoms with van der Waals surface area (Å²) in [6, 6.07) is 22.7. The molecule has 7 aromatic rings. The highest BCUT2D eigenvalue weighted by Gasteiger charge is 2.46. The van der Waals surface area contributed by atoms with Crippen LogP contribution in [0.5, 0.6) is 0 Å². The van der Waals surface area contributed by atoms with Crippen LogP contribution in [0.3, 0.4) is 0 Å². The lowest BCUT2D eigenvalue weighted by atomic mass is 10.00. The standard InChI is InChI=1S/C36H14F9N5/c37-34(38,39)21-11-26(35(40,41)42)33(27(12-21)36(43,44)45)50-29-8-4-2-6-23(29)25-13-30-24(14-31(25)50)22-5-1-3-7-28(22)49(30)32-19(16-47)9-18(15-46)10-20(32)17-48/h1-14H. The molecule has 2 heterocycles. The minimum Gasteiger partial charge on any atom is -0.308 e. The van der Waals surface area contributed by atoms with E-state index in [1.165, 1.54) is 48.5 Å². The molecule has 0 saturated carbocycles. The molecule has 0 unspecified atom stereocenters. The van der Waals surface area contributed by atoms with E-state index in [-0.39, 0.29) is 61.7 Å². The maximum Gasteiger partial charge on any atom is 0.418 e. The average Bonchev–Trinajstić information content (AvgIpc) is 3.56. The molecule has 2 aromatic heterocycles. The Morgan fingerprint density at radius 1 is 0.440 bits per heavy atom. The first-order valence-electron chi connectivity index (χ1n) is 14.3. The summed E-state index contributed by atoms with van der Waals surface area (Å²) in [4.78, 5) is 0. The highest BCUT2D eigenvalue weighted by Crippen LogP contribution is 2.48. The molecule has 0 bridgehead atoms. The number of hydrogen-bond donors (Lipinski definition) is 0. The van der Waals surface area contributed by atoms with Crippen LogP contribution in [-0.2, 0) is 18.5 Å². The Bertz CT molecular complexity index is 2640. The first kappa shape index (κ1) is 32.1. The fourth-order valence-corrected chi connectivity index (χ4v) is 6.49. The van der Waals surface area contributed by atoms with Gasteiger partial charge in [-0.1, -0.05) is 36.4 Å². The number of nitriles is 3. The summed E-state index contributed by atoms with van der Waals surface area (Å²) in [7, 11) is 0. The number of benzene rings is 5. The molecule has 0 amide bonds. The van der Waals surface area contributed by atoms with Crippen molar-refractivity contribution in [2.45, 2.75) is 18.5 Å². The third-order valence-electron chi connectivity index (χ3n) is 8.44. The van der Waals surface area contributed by atoms with Gasteiger partial charge >= 0.3 is 18.5 Å². The summed E-state index contributed by atoms with van der Waals surface area (Å²) in [6.45, 7) is 0. The van der Waals surface area contributed by atoms with E-state index in [0.717, 1.165) is 0 Å². The summed E-state index contributed by atoms with van der Waals surface area (Å²) < 4.78 is 131. The van der Waals surface area contributed by atoms with Gasteiger partial charge in [0, 0.05) is 21.5 Å². The number of alkyl halides is 9. The molecule has 7 rings (SSSR count). The zero-order valence-electron chi connectivity index (χ0n) is 24.7. The van der Waals surface area contributed by atoms with E-state index in [2.05, 4.69) is 0 Å². The Morgan fingerprint density at radius 2 is 0.860 bits per heavy atom. The molecule has 5 nitrogen and oxygen atoms in total. The van der Waals surface area contributed by atoms with Gasteiger partial charge in [0.05, 0.1) is 72.9 Å². The molecule has 0 saturated heterocycles. The second-order valence-electron chi connectivity index (χ2n) is 11.3. The van der Waals surface area contributed by atoms with Crippen LogP contribution in [0, 0.1) is 34.0 Å². The molecular weight excluding hydrogens is 673 g/mol. The van der Waals surface area contributed by atoms with E-state index in [1.807, 2.05) is 18.2 Å². The molecule has 0 aliphatic carbocycles. The molecule has 14 heteroatoms. The highest BCUT2D eigenvalue weighted by molar-refractivity contribution is 6.19. The van der Waals surface area contributed by atoms with Gasteiger partial charge in [0.2, 0.25) is 0 Å². The lowest BCUT2D eigenvalue weighted by molar-refractivity contribution is -0.148. The SMILES string of the molecule is N#Cc1cc(C#N)c(-n2c3ccccc3c3cc4c(cc32)c2ccccc2n4-c2c(C(F)(F)F)cc(C(F)(F)F)cc2C(F)(F)F)c(C#N)c1. The summed E-state index contributed by atoms with van der Waals surface area (Å²) >= 11 is 0. The third-order valence-corrected chi connectivity index (χ3v) is 8.44. The zero-order chi connectivity index (χ0) is 35.9. The van der Waals surface area contributed by atoms with Crippen molar-refractivity contribution in [2.24, 2.45) is 0 Å². The van der Waals surface area contributed by atoms with E-state index in [9.17, 15) is 55.3 Å². The van der Waals surface area contributed by atoms with E-state index in [4.69, 9.17) is 0 Å². The maximum atomic E-state index is 14.6. The van der Waals surface area contributed by atoms with Crippen LogP contribution in [0.25, 0.3) is 55.0 Å². The Kier molecular flexibility index (Phi) is 6.92.